The van der Waals surface area contributed by atoms with Gasteiger partial charge in [-0.2, -0.15) is 18.2 Å². The number of nitrogens with zero attached hydrogens (tertiary/aromatic N) is 3. The Balaban J connectivity index is 2.06. The molecule has 0 bridgehead atoms. The van der Waals surface area contributed by atoms with Gasteiger partial charge in [-0.1, -0.05) is 17.3 Å². The summed E-state index contributed by atoms with van der Waals surface area (Å²) in [5, 5.41) is 5.68. The quantitative estimate of drug-likeness (QED) is 0.911. The van der Waals surface area contributed by atoms with Crippen molar-refractivity contribution in [3.8, 4) is 11.4 Å². The number of rotatable bonds is 4. The molecule has 2 rings (SSSR count). The normalized spacial score (nSPS) is 11.2. The lowest BCUT2D eigenvalue weighted by Crippen LogP contribution is -2.36. The highest BCUT2D eigenvalue weighted by atomic mass is 19.4. The SMILES string of the molecule is CN(C)C(=O)CNC(=O)c1ccc(-c2noc(C(F)(F)F)n2)cc1. The van der Waals surface area contributed by atoms with E-state index in [-0.39, 0.29) is 29.4 Å². The molecule has 7 nitrogen and oxygen atoms in total. The van der Waals surface area contributed by atoms with Gasteiger partial charge in [-0.25, -0.2) is 0 Å². The molecule has 2 aromatic rings. The fraction of sp³-hybridized carbons (Fsp3) is 0.286. The summed E-state index contributed by atoms with van der Waals surface area (Å²) in [5.41, 5.74) is 0.500. The summed E-state index contributed by atoms with van der Waals surface area (Å²) in [6.07, 6.45) is -4.72. The molecule has 1 aromatic carbocycles. The molecule has 0 unspecified atom stereocenters. The summed E-state index contributed by atoms with van der Waals surface area (Å²) in [7, 11) is 3.12. The molecule has 10 heteroatoms. The fourth-order valence-corrected chi connectivity index (χ4v) is 1.64. The van der Waals surface area contributed by atoms with E-state index in [0.717, 1.165) is 0 Å². The Hall–Kier alpha value is -2.91. The van der Waals surface area contributed by atoms with Gasteiger partial charge in [0.1, 0.15) is 0 Å². The number of carbonyl (C=O) groups is 2. The van der Waals surface area contributed by atoms with Crippen molar-refractivity contribution in [3.05, 3.63) is 35.7 Å². The summed E-state index contributed by atoms with van der Waals surface area (Å²) in [6, 6.07) is 5.53. The van der Waals surface area contributed by atoms with Gasteiger partial charge in [0, 0.05) is 25.2 Å². The molecular formula is C14H13F3N4O3. The van der Waals surface area contributed by atoms with Crippen molar-refractivity contribution in [2.24, 2.45) is 0 Å². The Morgan fingerprint density at radius 2 is 1.83 bits per heavy atom. The van der Waals surface area contributed by atoms with E-state index < -0.39 is 18.0 Å². The van der Waals surface area contributed by atoms with Crippen LogP contribution in [0.3, 0.4) is 0 Å². The van der Waals surface area contributed by atoms with Gasteiger partial charge in [-0.15, -0.1) is 0 Å². The Bertz CT molecular complexity index is 738. The van der Waals surface area contributed by atoms with Crippen molar-refractivity contribution in [2.45, 2.75) is 6.18 Å². The number of benzene rings is 1. The van der Waals surface area contributed by atoms with Crippen molar-refractivity contribution >= 4 is 11.8 Å². The molecule has 0 saturated heterocycles. The maximum absolute atomic E-state index is 12.4. The number of nitrogens with one attached hydrogen (secondary N) is 1. The lowest BCUT2D eigenvalue weighted by Gasteiger charge is -2.10. The van der Waals surface area contributed by atoms with Crippen LogP contribution in [0.2, 0.25) is 0 Å². The Morgan fingerprint density at radius 3 is 2.33 bits per heavy atom. The number of halogens is 3. The van der Waals surface area contributed by atoms with Gasteiger partial charge in [0.25, 0.3) is 5.91 Å². The predicted octanol–water partition coefficient (Wildman–Crippen LogP) is 1.57. The van der Waals surface area contributed by atoms with E-state index in [2.05, 4.69) is 20.0 Å². The van der Waals surface area contributed by atoms with Gasteiger partial charge in [0.15, 0.2) is 0 Å². The highest BCUT2D eigenvalue weighted by Crippen LogP contribution is 2.29. The fourth-order valence-electron chi connectivity index (χ4n) is 1.64. The van der Waals surface area contributed by atoms with Crippen LogP contribution in [0.25, 0.3) is 11.4 Å². The average molecular weight is 342 g/mol. The van der Waals surface area contributed by atoms with Crippen molar-refractivity contribution < 1.29 is 27.3 Å². The summed E-state index contributed by atoms with van der Waals surface area (Å²) in [6.45, 7) is -0.159. The topological polar surface area (TPSA) is 88.3 Å². The van der Waals surface area contributed by atoms with Crippen LogP contribution in [0, 0.1) is 0 Å². The molecule has 0 spiro atoms. The second-order valence-corrected chi connectivity index (χ2v) is 4.97. The number of aromatic nitrogens is 2. The van der Waals surface area contributed by atoms with E-state index in [0.29, 0.717) is 0 Å². The molecule has 1 heterocycles. The van der Waals surface area contributed by atoms with Crippen LogP contribution in [0.1, 0.15) is 16.2 Å². The van der Waals surface area contributed by atoms with Crippen molar-refractivity contribution in [1.29, 1.82) is 0 Å². The van der Waals surface area contributed by atoms with Gasteiger partial charge in [0.2, 0.25) is 11.7 Å². The second kappa shape index (κ2) is 6.69. The molecule has 0 aliphatic carbocycles. The van der Waals surface area contributed by atoms with E-state index in [9.17, 15) is 22.8 Å². The minimum Gasteiger partial charge on any atom is -0.347 e. The maximum atomic E-state index is 12.4. The van der Waals surface area contributed by atoms with E-state index in [1.165, 1.54) is 29.2 Å². The van der Waals surface area contributed by atoms with Crippen LogP contribution in [0.4, 0.5) is 13.2 Å². The molecule has 0 radical (unpaired) electrons. The van der Waals surface area contributed by atoms with Gasteiger partial charge in [-0.05, 0) is 12.1 Å². The summed E-state index contributed by atoms with van der Waals surface area (Å²) >= 11 is 0. The minimum atomic E-state index is -4.72. The van der Waals surface area contributed by atoms with Crippen LogP contribution in [-0.4, -0.2) is 47.5 Å². The number of hydrogen-bond donors (Lipinski definition) is 1. The summed E-state index contributed by atoms with van der Waals surface area (Å²) < 4.78 is 41.4. The van der Waals surface area contributed by atoms with E-state index in [1.807, 2.05) is 0 Å². The van der Waals surface area contributed by atoms with E-state index in [4.69, 9.17) is 0 Å². The van der Waals surface area contributed by atoms with E-state index in [1.54, 1.807) is 14.1 Å². The summed E-state index contributed by atoms with van der Waals surface area (Å²) in [4.78, 5) is 27.9. The third-order valence-corrected chi connectivity index (χ3v) is 2.97. The van der Waals surface area contributed by atoms with Crippen molar-refractivity contribution in [3.63, 3.8) is 0 Å². The Labute approximate surface area is 134 Å². The molecule has 0 saturated carbocycles. The lowest BCUT2D eigenvalue weighted by atomic mass is 10.1. The van der Waals surface area contributed by atoms with Crippen molar-refractivity contribution in [1.82, 2.24) is 20.4 Å². The van der Waals surface area contributed by atoms with Crippen LogP contribution in [0.15, 0.2) is 28.8 Å². The molecule has 0 aliphatic rings. The molecule has 0 atom stereocenters. The number of amides is 2. The molecule has 128 valence electrons. The van der Waals surface area contributed by atoms with E-state index >= 15 is 0 Å². The zero-order valence-corrected chi connectivity index (χ0v) is 12.7. The smallest absolute Gasteiger partial charge is 0.347 e. The first-order valence-electron chi connectivity index (χ1n) is 6.68. The van der Waals surface area contributed by atoms with Gasteiger partial charge in [0.05, 0.1) is 6.54 Å². The molecule has 1 aromatic heterocycles. The summed E-state index contributed by atoms with van der Waals surface area (Å²) in [5.74, 6) is -2.44. The van der Waals surface area contributed by atoms with Crippen molar-refractivity contribution in [2.75, 3.05) is 20.6 Å². The number of carbonyl (C=O) groups excluding carboxylic acids is 2. The standard InChI is InChI=1S/C14H13F3N4O3/c1-21(2)10(22)7-18-12(23)9-5-3-8(4-6-9)11-19-13(24-20-11)14(15,16)17/h3-6H,7H2,1-2H3,(H,18,23). The Kier molecular flexibility index (Phi) is 4.86. The zero-order chi connectivity index (χ0) is 17.9. The molecule has 1 N–H and O–H groups in total. The predicted molar refractivity (Wildman–Crippen MR) is 75.8 cm³/mol. The third-order valence-electron chi connectivity index (χ3n) is 2.97. The molecule has 24 heavy (non-hydrogen) atoms. The molecule has 2 amide bonds. The number of likely N-dealkylation sites (N-methyl/N-ethyl adjacent to an activating group) is 1. The van der Waals surface area contributed by atoms with Crippen LogP contribution >= 0.6 is 0 Å². The molecule has 0 fully saturated rings. The first-order valence-corrected chi connectivity index (χ1v) is 6.68. The van der Waals surface area contributed by atoms with Gasteiger partial charge in [-0.3, -0.25) is 9.59 Å². The lowest BCUT2D eigenvalue weighted by molar-refractivity contribution is -0.159. The first-order chi connectivity index (χ1) is 11.2. The number of alkyl halides is 3. The molecule has 0 aliphatic heterocycles. The van der Waals surface area contributed by atoms with Crippen LogP contribution in [-0.2, 0) is 11.0 Å². The highest BCUT2D eigenvalue weighted by Gasteiger charge is 2.38. The third kappa shape index (κ3) is 4.09. The minimum absolute atomic E-state index is 0.159. The monoisotopic (exact) mass is 342 g/mol. The second-order valence-electron chi connectivity index (χ2n) is 4.97. The maximum Gasteiger partial charge on any atom is 0.471 e. The Morgan fingerprint density at radius 1 is 1.21 bits per heavy atom. The van der Waals surface area contributed by atoms with Gasteiger partial charge < -0.3 is 14.7 Å². The van der Waals surface area contributed by atoms with Gasteiger partial charge >= 0.3 is 12.1 Å². The average Bonchev–Trinajstić information content (AvgIpc) is 3.02. The zero-order valence-electron chi connectivity index (χ0n) is 12.7. The number of hydrogen-bond acceptors (Lipinski definition) is 5. The first kappa shape index (κ1) is 17.4. The molecular weight excluding hydrogens is 329 g/mol. The highest BCUT2D eigenvalue weighted by molar-refractivity contribution is 5.96. The van der Waals surface area contributed by atoms with Crippen LogP contribution < -0.4 is 5.32 Å². The van der Waals surface area contributed by atoms with Crippen LogP contribution in [0.5, 0.6) is 0 Å². The largest absolute Gasteiger partial charge is 0.471 e.